The highest BCUT2D eigenvalue weighted by molar-refractivity contribution is 6.32. The first-order chi connectivity index (χ1) is 17.5. The van der Waals surface area contributed by atoms with Crippen LogP contribution in [0.2, 0.25) is 5.02 Å². The van der Waals surface area contributed by atoms with E-state index in [9.17, 15) is 0 Å². The number of aromatic nitrogens is 2. The molecule has 4 N–H and O–H groups in total. The lowest BCUT2D eigenvalue weighted by atomic mass is 9.91. The highest BCUT2D eigenvalue weighted by Gasteiger charge is 2.34. The van der Waals surface area contributed by atoms with Crippen molar-refractivity contribution in [1.29, 1.82) is 0 Å². The number of pyridine rings is 2. The smallest absolute Gasteiger partial charge is 0.163 e. The second kappa shape index (κ2) is 10.2. The summed E-state index contributed by atoms with van der Waals surface area (Å²) in [6.07, 6.45) is 5.04. The number of anilines is 2. The predicted molar refractivity (Wildman–Crippen MR) is 142 cm³/mol. The summed E-state index contributed by atoms with van der Waals surface area (Å²) in [7, 11) is 1.65. The van der Waals surface area contributed by atoms with Gasteiger partial charge in [-0.1, -0.05) is 35.9 Å². The molecule has 1 aliphatic heterocycles. The minimum absolute atomic E-state index is 0.313. The van der Waals surface area contributed by atoms with E-state index >= 15 is 0 Å². The number of nitrogens with one attached hydrogen (secondary N) is 2. The lowest BCUT2D eigenvalue weighted by Crippen LogP contribution is -2.39. The van der Waals surface area contributed by atoms with Crippen molar-refractivity contribution >= 4 is 29.4 Å². The van der Waals surface area contributed by atoms with Crippen molar-refractivity contribution in [2.24, 2.45) is 10.7 Å². The third kappa shape index (κ3) is 4.95. The van der Waals surface area contributed by atoms with E-state index in [1.807, 2.05) is 54.6 Å². The van der Waals surface area contributed by atoms with Gasteiger partial charge in [0.2, 0.25) is 0 Å². The minimum Gasteiger partial charge on any atom is -0.497 e. The Morgan fingerprint density at radius 1 is 1.06 bits per heavy atom. The molecule has 0 saturated heterocycles. The molecule has 8 nitrogen and oxygen atoms in total. The molecule has 9 heteroatoms. The average Bonchev–Trinajstić information content (AvgIpc) is 2.92. The van der Waals surface area contributed by atoms with E-state index in [0.717, 1.165) is 33.8 Å². The van der Waals surface area contributed by atoms with Crippen molar-refractivity contribution in [2.75, 3.05) is 17.7 Å². The standard InChI is InChI=1S/C27H25ClN6O2/c1-35-21-8-5-18(6-9-21)14-31-26-13-22-24(15-32-26)33-17-34-27(22,29)19-7-10-25(23(28)12-19)36-16-20-4-2-3-11-30-20/h2-13,15,17H,14,16,29H2,1H3,(H,31,32)(H,33,34). The normalized spacial score (nSPS) is 16.1. The third-order valence-electron chi connectivity index (χ3n) is 5.91. The van der Waals surface area contributed by atoms with Crippen LogP contribution in [0.5, 0.6) is 11.5 Å². The Bertz CT molecular complexity index is 1380. The predicted octanol–water partition coefficient (Wildman–Crippen LogP) is 4.94. The first kappa shape index (κ1) is 23.6. The largest absolute Gasteiger partial charge is 0.497 e. The SMILES string of the molecule is COc1ccc(CNc2cc3c(cn2)NC=NC3(N)c2ccc(OCc3ccccn3)c(Cl)c2)cc1. The van der Waals surface area contributed by atoms with E-state index in [1.165, 1.54) is 0 Å². The molecule has 2 aromatic carbocycles. The molecule has 0 fully saturated rings. The van der Waals surface area contributed by atoms with Gasteiger partial charge < -0.3 is 20.1 Å². The van der Waals surface area contributed by atoms with Crippen molar-refractivity contribution in [2.45, 2.75) is 18.8 Å². The van der Waals surface area contributed by atoms with E-state index < -0.39 is 5.66 Å². The second-order valence-electron chi connectivity index (χ2n) is 8.24. The second-order valence-corrected chi connectivity index (χ2v) is 8.65. The molecule has 36 heavy (non-hydrogen) atoms. The number of methoxy groups -OCH3 is 1. The molecule has 0 amide bonds. The molecule has 0 saturated carbocycles. The van der Waals surface area contributed by atoms with Crippen LogP contribution in [-0.4, -0.2) is 23.4 Å². The summed E-state index contributed by atoms with van der Waals surface area (Å²) in [5.41, 5.74) is 9.90. The number of fused-ring (bicyclic) bond motifs is 1. The van der Waals surface area contributed by atoms with Gasteiger partial charge in [0.25, 0.3) is 0 Å². The van der Waals surface area contributed by atoms with Crippen molar-refractivity contribution < 1.29 is 9.47 Å². The Hall–Kier alpha value is -4.14. The van der Waals surface area contributed by atoms with Gasteiger partial charge in [0.15, 0.2) is 5.66 Å². The number of nitrogens with zero attached hydrogens (tertiary/aromatic N) is 3. The summed E-state index contributed by atoms with van der Waals surface area (Å²) in [5, 5.41) is 6.92. The van der Waals surface area contributed by atoms with E-state index in [0.29, 0.717) is 29.7 Å². The van der Waals surface area contributed by atoms with Crippen LogP contribution < -0.4 is 25.8 Å². The Balaban J connectivity index is 1.36. The summed E-state index contributed by atoms with van der Waals surface area (Å²) in [6.45, 7) is 0.908. The Morgan fingerprint density at radius 3 is 2.67 bits per heavy atom. The highest BCUT2D eigenvalue weighted by Crippen LogP contribution is 2.39. The number of rotatable bonds is 8. The maximum atomic E-state index is 6.87. The van der Waals surface area contributed by atoms with Crippen molar-refractivity contribution in [3.05, 3.63) is 107 Å². The van der Waals surface area contributed by atoms with Crippen LogP contribution >= 0.6 is 11.6 Å². The van der Waals surface area contributed by atoms with E-state index in [2.05, 4.69) is 25.6 Å². The maximum absolute atomic E-state index is 6.87. The van der Waals surface area contributed by atoms with Gasteiger partial charge in [0.05, 0.1) is 36.0 Å². The number of ether oxygens (including phenoxy) is 2. The topological polar surface area (TPSA) is 107 Å². The molecule has 4 aromatic rings. The van der Waals surface area contributed by atoms with E-state index in [-0.39, 0.29) is 0 Å². The zero-order chi connectivity index (χ0) is 25.0. The number of nitrogens with two attached hydrogens (primary N) is 1. The molecule has 5 rings (SSSR count). The highest BCUT2D eigenvalue weighted by atomic mass is 35.5. The van der Waals surface area contributed by atoms with E-state index in [4.69, 9.17) is 26.8 Å². The number of hydrogen-bond donors (Lipinski definition) is 3. The molecule has 0 aliphatic carbocycles. The van der Waals surface area contributed by atoms with Crippen LogP contribution in [-0.2, 0) is 18.8 Å². The van der Waals surface area contributed by atoms with Gasteiger partial charge in [-0.2, -0.15) is 0 Å². The van der Waals surface area contributed by atoms with Gasteiger partial charge in [-0.05, 0) is 48.0 Å². The molecular weight excluding hydrogens is 476 g/mol. The van der Waals surface area contributed by atoms with Crippen LogP contribution in [0.15, 0.2) is 84.1 Å². The average molecular weight is 501 g/mol. The molecule has 0 radical (unpaired) electrons. The van der Waals surface area contributed by atoms with E-state index in [1.54, 1.807) is 38.0 Å². The van der Waals surface area contributed by atoms with Crippen LogP contribution in [0.3, 0.4) is 0 Å². The summed E-state index contributed by atoms with van der Waals surface area (Å²) in [6, 6.07) is 20.9. The van der Waals surface area contributed by atoms with Crippen LogP contribution in [0.4, 0.5) is 11.5 Å². The quantitative estimate of drug-likeness (QED) is 0.314. The number of aliphatic imine (C=N–C) groups is 1. The number of halogens is 1. The molecule has 3 heterocycles. The van der Waals surface area contributed by atoms with Gasteiger partial charge >= 0.3 is 0 Å². The van der Waals surface area contributed by atoms with Gasteiger partial charge in [-0.15, -0.1) is 0 Å². The Morgan fingerprint density at radius 2 is 1.92 bits per heavy atom. The fourth-order valence-electron chi connectivity index (χ4n) is 3.91. The zero-order valence-corrected chi connectivity index (χ0v) is 20.4. The minimum atomic E-state index is -1.15. The molecule has 1 unspecified atom stereocenters. The molecule has 1 atom stereocenters. The van der Waals surface area contributed by atoms with Gasteiger partial charge in [0, 0.05) is 23.9 Å². The first-order valence-electron chi connectivity index (χ1n) is 11.3. The number of hydrogen-bond acceptors (Lipinski definition) is 8. The summed E-state index contributed by atoms with van der Waals surface area (Å²) >= 11 is 6.57. The molecule has 0 bridgehead atoms. The van der Waals surface area contributed by atoms with Crippen molar-refractivity contribution in [3.8, 4) is 11.5 Å². The zero-order valence-electron chi connectivity index (χ0n) is 19.6. The van der Waals surface area contributed by atoms with Gasteiger partial charge in [-0.25, -0.2) is 9.98 Å². The molecule has 2 aromatic heterocycles. The fraction of sp³-hybridized carbons (Fsp3) is 0.148. The Labute approximate surface area is 214 Å². The van der Waals surface area contributed by atoms with Crippen molar-refractivity contribution in [3.63, 3.8) is 0 Å². The maximum Gasteiger partial charge on any atom is 0.163 e. The Kier molecular flexibility index (Phi) is 6.71. The summed E-state index contributed by atoms with van der Waals surface area (Å²) in [5.74, 6) is 2.04. The molecule has 1 aliphatic rings. The first-order valence-corrected chi connectivity index (χ1v) is 11.7. The molecular formula is C27H25ClN6O2. The van der Waals surface area contributed by atoms with Gasteiger partial charge in [-0.3, -0.25) is 10.7 Å². The lowest BCUT2D eigenvalue weighted by molar-refractivity contribution is 0.301. The van der Waals surface area contributed by atoms with Crippen LogP contribution in [0, 0.1) is 0 Å². The summed E-state index contributed by atoms with van der Waals surface area (Å²) < 4.78 is 11.1. The number of benzene rings is 2. The monoisotopic (exact) mass is 500 g/mol. The molecule has 0 spiro atoms. The third-order valence-corrected chi connectivity index (χ3v) is 6.20. The fourth-order valence-corrected chi connectivity index (χ4v) is 4.15. The molecule has 182 valence electrons. The summed E-state index contributed by atoms with van der Waals surface area (Å²) in [4.78, 5) is 13.4. The van der Waals surface area contributed by atoms with Crippen molar-refractivity contribution in [1.82, 2.24) is 9.97 Å². The lowest BCUT2D eigenvalue weighted by Gasteiger charge is -2.31. The van der Waals surface area contributed by atoms with Gasteiger partial charge in [0.1, 0.15) is 23.9 Å². The van der Waals surface area contributed by atoms with Crippen LogP contribution in [0.1, 0.15) is 22.4 Å². The van der Waals surface area contributed by atoms with Crippen LogP contribution in [0.25, 0.3) is 0 Å².